The van der Waals surface area contributed by atoms with Crippen molar-refractivity contribution in [3.63, 3.8) is 0 Å². The SMILES string of the molecule is COc1ccc(C)cc1CNc1ccc(OC)c(OC)c1. The monoisotopic (exact) mass is 287 g/mol. The minimum Gasteiger partial charge on any atom is -0.496 e. The molecule has 0 aromatic heterocycles. The van der Waals surface area contributed by atoms with Gasteiger partial charge in [-0.05, 0) is 25.1 Å². The van der Waals surface area contributed by atoms with Gasteiger partial charge in [0.1, 0.15) is 5.75 Å². The van der Waals surface area contributed by atoms with E-state index < -0.39 is 0 Å². The highest BCUT2D eigenvalue weighted by Gasteiger charge is 2.06. The maximum Gasteiger partial charge on any atom is 0.162 e. The van der Waals surface area contributed by atoms with Crippen molar-refractivity contribution in [1.29, 1.82) is 0 Å². The van der Waals surface area contributed by atoms with Crippen molar-refractivity contribution in [1.82, 2.24) is 0 Å². The summed E-state index contributed by atoms with van der Waals surface area (Å²) in [5.74, 6) is 2.31. The van der Waals surface area contributed by atoms with Gasteiger partial charge in [-0.3, -0.25) is 0 Å². The van der Waals surface area contributed by atoms with Crippen molar-refractivity contribution in [3.05, 3.63) is 47.5 Å². The lowest BCUT2D eigenvalue weighted by molar-refractivity contribution is 0.355. The predicted octanol–water partition coefficient (Wildman–Crippen LogP) is 3.63. The molecular weight excluding hydrogens is 266 g/mol. The van der Waals surface area contributed by atoms with Crippen LogP contribution in [0.1, 0.15) is 11.1 Å². The molecule has 2 aromatic carbocycles. The Kier molecular flexibility index (Phi) is 4.93. The van der Waals surface area contributed by atoms with E-state index in [1.807, 2.05) is 30.3 Å². The maximum absolute atomic E-state index is 5.39. The number of hydrogen-bond acceptors (Lipinski definition) is 4. The Morgan fingerprint density at radius 1 is 0.810 bits per heavy atom. The lowest BCUT2D eigenvalue weighted by atomic mass is 10.1. The highest BCUT2D eigenvalue weighted by molar-refractivity contribution is 5.55. The van der Waals surface area contributed by atoms with Gasteiger partial charge >= 0.3 is 0 Å². The van der Waals surface area contributed by atoms with Crippen LogP contribution in [-0.4, -0.2) is 21.3 Å². The third-order valence-corrected chi connectivity index (χ3v) is 3.30. The molecule has 0 amide bonds. The van der Waals surface area contributed by atoms with E-state index in [4.69, 9.17) is 14.2 Å². The fourth-order valence-corrected chi connectivity index (χ4v) is 2.19. The first-order chi connectivity index (χ1) is 10.2. The van der Waals surface area contributed by atoms with Gasteiger partial charge in [0.25, 0.3) is 0 Å². The Balaban J connectivity index is 2.14. The summed E-state index contributed by atoms with van der Waals surface area (Å²) in [6, 6.07) is 11.9. The smallest absolute Gasteiger partial charge is 0.162 e. The van der Waals surface area contributed by atoms with Gasteiger partial charge < -0.3 is 19.5 Å². The average Bonchev–Trinajstić information content (AvgIpc) is 2.52. The summed E-state index contributed by atoms with van der Waals surface area (Å²) in [6.45, 7) is 2.75. The van der Waals surface area contributed by atoms with Gasteiger partial charge in [-0.2, -0.15) is 0 Å². The number of nitrogens with one attached hydrogen (secondary N) is 1. The van der Waals surface area contributed by atoms with Gasteiger partial charge in [0.05, 0.1) is 21.3 Å². The predicted molar refractivity (Wildman–Crippen MR) is 84.6 cm³/mol. The van der Waals surface area contributed by atoms with E-state index in [1.54, 1.807) is 21.3 Å². The minimum absolute atomic E-state index is 0.681. The van der Waals surface area contributed by atoms with E-state index in [0.717, 1.165) is 22.7 Å². The largest absolute Gasteiger partial charge is 0.496 e. The van der Waals surface area contributed by atoms with Crippen molar-refractivity contribution in [3.8, 4) is 17.2 Å². The molecule has 0 saturated carbocycles. The van der Waals surface area contributed by atoms with Crippen LogP contribution < -0.4 is 19.5 Å². The van der Waals surface area contributed by atoms with Crippen LogP contribution in [0.5, 0.6) is 17.2 Å². The second kappa shape index (κ2) is 6.88. The van der Waals surface area contributed by atoms with E-state index in [0.29, 0.717) is 12.3 Å². The third-order valence-electron chi connectivity index (χ3n) is 3.30. The van der Waals surface area contributed by atoms with Crippen molar-refractivity contribution >= 4 is 5.69 Å². The maximum atomic E-state index is 5.39. The zero-order chi connectivity index (χ0) is 15.2. The summed E-state index contributed by atoms with van der Waals surface area (Å²) in [5, 5.41) is 3.37. The van der Waals surface area contributed by atoms with Crippen LogP contribution in [0.4, 0.5) is 5.69 Å². The molecule has 4 heteroatoms. The van der Waals surface area contributed by atoms with Gasteiger partial charge in [0.2, 0.25) is 0 Å². The van der Waals surface area contributed by atoms with E-state index in [-0.39, 0.29) is 0 Å². The van der Waals surface area contributed by atoms with Crippen LogP contribution in [-0.2, 0) is 6.54 Å². The third kappa shape index (κ3) is 3.60. The lowest BCUT2D eigenvalue weighted by Gasteiger charge is -2.13. The average molecular weight is 287 g/mol. The molecule has 4 nitrogen and oxygen atoms in total. The summed E-state index contributed by atoms with van der Waals surface area (Å²) >= 11 is 0. The van der Waals surface area contributed by atoms with Gasteiger partial charge in [0, 0.05) is 23.9 Å². The van der Waals surface area contributed by atoms with Crippen molar-refractivity contribution in [2.45, 2.75) is 13.5 Å². The second-order valence-corrected chi connectivity index (χ2v) is 4.74. The van der Waals surface area contributed by atoms with E-state index in [9.17, 15) is 0 Å². The molecule has 0 atom stereocenters. The van der Waals surface area contributed by atoms with Crippen LogP contribution in [0.25, 0.3) is 0 Å². The fourth-order valence-electron chi connectivity index (χ4n) is 2.19. The van der Waals surface area contributed by atoms with Crippen molar-refractivity contribution in [2.75, 3.05) is 26.6 Å². The number of aryl methyl sites for hydroxylation is 1. The first kappa shape index (κ1) is 15.0. The Hall–Kier alpha value is -2.36. The molecule has 0 fully saturated rings. The summed E-state index contributed by atoms with van der Waals surface area (Å²) in [6.07, 6.45) is 0. The molecule has 0 aliphatic heterocycles. The van der Waals surface area contributed by atoms with Crippen LogP contribution in [0, 0.1) is 6.92 Å². The number of benzene rings is 2. The normalized spacial score (nSPS) is 10.1. The minimum atomic E-state index is 0.681. The van der Waals surface area contributed by atoms with E-state index >= 15 is 0 Å². The zero-order valence-electron chi connectivity index (χ0n) is 12.9. The molecule has 0 unspecified atom stereocenters. The molecule has 2 rings (SSSR count). The van der Waals surface area contributed by atoms with Gasteiger partial charge in [-0.1, -0.05) is 17.7 Å². The number of rotatable bonds is 6. The molecule has 0 bridgehead atoms. The Morgan fingerprint density at radius 3 is 2.14 bits per heavy atom. The quantitative estimate of drug-likeness (QED) is 0.880. The molecule has 0 radical (unpaired) electrons. The number of methoxy groups -OCH3 is 3. The molecular formula is C17H21NO3. The van der Waals surface area contributed by atoms with E-state index in [1.165, 1.54) is 5.56 Å². The van der Waals surface area contributed by atoms with Gasteiger partial charge in [-0.15, -0.1) is 0 Å². The molecule has 2 aromatic rings. The van der Waals surface area contributed by atoms with Crippen molar-refractivity contribution < 1.29 is 14.2 Å². The van der Waals surface area contributed by atoms with Crippen LogP contribution in [0.2, 0.25) is 0 Å². The second-order valence-electron chi connectivity index (χ2n) is 4.74. The van der Waals surface area contributed by atoms with E-state index in [2.05, 4.69) is 18.3 Å². The Morgan fingerprint density at radius 2 is 1.48 bits per heavy atom. The summed E-state index contributed by atoms with van der Waals surface area (Å²) in [4.78, 5) is 0. The van der Waals surface area contributed by atoms with Gasteiger partial charge in [-0.25, -0.2) is 0 Å². The Labute approximate surface area is 125 Å². The van der Waals surface area contributed by atoms with Crippen LogP contribution in [0.3, 0.4) is 0 Å². The zero-order valence-corrected chi connectivity index (χ0v) is 12.9. The molecule has 112 valence electrons. The summed E-state index contributed by atoms with van der Waals surface area (Å²) < 4.78 is 15.9. The molecule has 0 aliphatic carbocycles. The van der Waals surface area contributed by atoms with Crippen LogP contribution >= 0.6 is 0 Å². The van der Waals surface area contributed by atoms with Gasteiger partial charge in [0.15, 0.2) is 11.5 Å². The lowest BCUT2D eigenvalue weighted by Crippen LogP contribution is -2.02. The molecule has 1 N–H and O–H groups in total. The first-order valence-electron chi connectivity index (χ1n) is 6.77. The number of ether oxygens (including phenoxy) is 3. The summed E-state index contributed by atoms with van der Waals surface area (Å²) in [7, 11) is 4.94. The number of hydrogen-bond donors (Lipinski definition) is 1. The van der Waals surface area contributed by atoms with Crippen LogP contribution in [0.15, 0.2) is 36.4 Å². The highest BCUT2D eigenvalue weighted by atomic mass is 16.5. The molecule has 0 heterocycles. The number of anilines is 1. The first-order valence-corrected chi connectivity index (χ1v) is 6.77. The van der Waals surface area contributed by atoms with Crippen molar-refractivity contribution in [2.24, 2.45) is 0 Å². The fraction of sp³-hybridized carbons (Fsp3) is 0.294. The Bertz CT molecular complexity index is 611. The molecule has 0 saturated heterocycles. The summed E-state index contributed by atoms with van der Waals surface area (Å²) in [5.41, 5.74) is 3.29. The molecule has 21 heavy (non-hydrogen) atoms. The molecule has 0 spiro atoms. The molecule has 0 aliphatic rings. The standard InChI is InChI=1S/C17H21NO3/c1-12-5-7-15(19-2)13(9-12)11-18-14-6-8-16(20-3)17(10-14)21-4/h5-10,18H,11H2,1-4H3. The topological polar surface area (TPSA) is 39.7 Å². The highest BCUT2D eigenvalue weighted by Crippen LogP contribution is 2.30.